The van der Waals surface area contributed by atoms with Crippen molar-refractivity contribution >= 4 is 34.5 Å². The highest BCUT2D eigenvalue weighted by molar-refractivity contribution is 8.13. The first kappa shape index (κ1) is 19.8. The molecular weight excluding hydrogens is 383 g/mol. The number of esters is 1. The van der Waals surface area contributed by atoms with Crippen molar-refractivity contribution in [2.24, 2.45) is 10.7 Å². The fourth-order valence-electron chi connectivity index (χ4n) is 2.86. The molecule has 0 aliphatic carbocycles. The van der Waals surface area contributed by atoms with Crippen LogP contribution in [0.5, 0.6) is 0 Å². The Morgan fingerprint density at radius 1 is 1.32 bits per heavy atom. The molecular formula is C19H19FN4O3S. The summed E-state index contributed by atoms with van der Waals surface area (Å²) in [5, 5.41) is 3.10. The van der Waals surface area contributed by atoms with Crippen LogP contribution in [-0.2, 0) is 10.3 Å². The topological polar surface area (TPSA) is 107 Å². The van der Waals surface area contributed by atoms with Crippen LogP contribution in [0.1, 0.15) is 39.8 Å². The summed E-state index contributed by atoms with van der Waals surface area (Å²) in [4.78, 5) is 32.2. The SMILES string of the molecule is COC(=O)c1ccc(C(=O)Nc2ccc(F)c(C3(C)CCSC(N)=N3)c2)nc1. The minimum Gasteiger partial charge on any atom is -0.465 e. The molecule has 7 nitrogen and oxygen atoms in total. The summed E-state index contributed by atoms with van der Waals surface area (Å²) < 4.78 is 19.1. The summed E-state index contributed by atoms with van der Waals surface area (Å²) in [6.45, 7) is 1.82. The van der Waals surface area contributed by atoms with Gasteiger partial charge in [0, 0.05) is 23.2 Å². The van der Waals surface area contributed by atoms with Crippen LogP contribution in [-0.4, -0.2) is 34.9 Å². The van der Waals surface area contributed by atoms with Crippen molar-refractivity contribution in [1.29, 1.82) is 0 Å². The van der Waals surface area contributed by atoms with E-state index in [4.69, 9.17) is 5.73 Å². The third-order valence-electron chi connectivity index (χ3n) is 4.42. The number of hydrogen-bond donors (Lipinski definition) is 2. The molecule has 146 valence electrons. The number of ether oxygens (including phenoxy) is 1. The van der Waals surface area contributed by atoms with Crippen LogP contribution >= 0.6 is 11.8 Å². The summed E-state index contributed by atoms with van der Waals surface area (Å²) in [5.74, 6) is -0.703. The summed E-state index contributed by atoms with van der Waals surface area (Å²) >= 11 is 1.43. The molecule has 9 heteroatoms. The molecule has 0 saturated heterocycles. The molecule has 3 N–H and O–H groups in total. The Morgan fingerprint density at radius 2 is 2.11 bits per heavy atom. The number of halogens is 1. The predicted octanol–water partition coefficient (Wildman–Crippen LogP) is 2.93. The second-order valence-electron chi connectivity index (χ2n) is 6.39. The van der Waals surface area contributed by atoms with Gasteiger partial charge in [0.05, 0.1) is 18.2 Å². The number of nitrogens with zero attached hydrogens (tertiary/aromatic N) is 2. The molecule has 3 rings (SSSR count). The average molecular weight is 402 g/mol. The van der Waals surface area contributed by atoms with E-state index in [0.717, 1.165) is 5.75 Å². The van der Waals surface area contributed by atoms with E-state index in [1.54, 1.807) is 6.07 Å². The van der Waals surface area contributed by atoms with Crippen molar-refractivity contribution in [3.8, 4) is 0 Å². The standard InChI is InChI=1S/C19H19FN4O3S/c1-19(7-8-28-18(21)24-19)13-9-12(4-5-14(13)20)23-16(25)15-6-3-11(10-22-15)17(26)27-2/h3-6,9-10H,7-8H2,1-2H3,(H2,21,24)(H,23,25). The molecule has 0 saturated carbocycles. The minimum absolute atomic E-state index is 0.112. The number of pyridine rings is 1. The van der Waals surface area contributed by atoms with Crippen molar-refractivity contribution in [3.05, 3.63) is 59.2 Å². The number of hydrogen-bond acceptors (Lipinski definition) is 7. The van der Waals surface area contributed by atoms with E-state index >= 15 is 0 Å². The van der Waals surface area contributed by atoms with Crippen LogP contribution < -0.4 is 11.1 Å². The summed E-state index contributed by atoms with van der Waals surface area (Å²) in [5.41, 5.74) is 6.15. The molecule has 0 radical (unpaired) electrons. The molecule has 1 aromatic heterocycles. The Kier molecular flexibility index (Phi) is 5.64. The maximum Gasteiger partial charge on any atom is 0.339 e. The number of aromatic nitrogens is 1. The van der Waals surface area contributed by atoms with Gasteiger partial charge >= 0.3 is 5.97 Å². The lowest BCUT2D eigenvalue weighted by molar-refractivity contribution is 0.0600. The Bertz CT molecular complexity index is 949. The first-order valence-corrected chi connectivity index (χ1v) is 9.45. The fourth-order valence-corrected chi connectivity index (χ4v) is 3.83. The van der Waals surface area contributed by atoms with Crippen LogP contribution in [0.3, 0.4) is 0 Å². The van der Waals surface area contributed by atoms with Crippen molar-refractivity contribution < 1.29 is 18.7 Å². The quantitative estimate of drug-likeness (QED) is 0.762. The van der Waals surface area contributed by atoms with Crippen molar-refractivity contribution in [2.75, 3.05) is 18.2 Å². The van der Waals surface area contributed by atoms with Gasteiger partial charge in [-0.15, -0.1) is 0 Å². The van der Waals surface area contributed by atoms with Gasteiger partial charge in [0.25, 0.3) is 5.91 Å². The fraction of sp³-hybridized carbons (Fsp3) is 0.263. The Hall–Kier alpha value is -2.94. The highest BCUT2D eigenvalue weighted by Gasteiger charge is 2.32. The van der Waals surface area contributed by atoms with Crippen molar-refractivity contribution in [3.63, 3.8) is 0 Å². The van der Waals surface area contributed by atoms with E-state index in [9.17, 15) is 14.0 Å². The normalized spacial score (nSPS) is 18.9. The van der Waals surface area contributed by atoms with Crippen LogP contribution in [0.15, 0.2) is 41.5 Å². The monoisotopic (exact) mass is 402 g/mol. The van der Waals surface area contributed by atoms with Gasteiger partial charge in [-0.1, -0.05) is 11.8 Å². The summed E-state index contributed by atoms with van der Waals surface area (Å²) in [7, 11) is 1.26. The second-order valence-corrected chi connectivity index (χ2v) is 7.51. The number of amidine groups is 1. The lowest BCUT2D eigenvalue weighted by Gasteiger charge is -2.30. The summed E-state index contributed by atoms with van der Waals surface area (Å²) in [6.07, 6.45) is 1.89. The average Bonchev–Trinajstić information content (AvgIpc) is 2.68. The number of aliphatic imine (C=N–C) groups is 1. The van der Waals surface area contributed by atoms with E-state index in [0.29, 0.717) is 22.8 Å². The molecule has 0 spiro atoms. The van der Waals surface area contributed by atoms with Crippen molar-refractivity contribution in [1.82, 2.24) is 4.98 Å². The number of benzene rings is 1. The van der Waals surface area contributed by atoms with Crippen LogP contribution in [0, 0.1) is 5.82 Å². The first-order valence-electron chi connectivity index (χ1n) is 8.46. The molecule has 1 aliphatic heterocycles. The summed E-state index contributed by atoms with van der Waals surface area (Å²) in [6, 6.07) is 7.17. The number of carbonyl (C=O) groups excluding carboxylic acids is 2. The van der Waals surface area contributed by atoms with Crippen LogP contribution in [0.25, 0.3) is 0 Å². The van der Waals surface area contributed by atoms with Crippen LogP contribution in [0.2, 0.25) is 0 Å². The number of methoxy groups -OCH3 is 1. The third kappa shape index (κ3) is 4.14. The number of rotatable bonds is 4. The Morgan fingerprint density at radius 3 is 2.75 bits per heavy atom. The van der Waals surface area contributed by atoms with Gasteiger partial charge in [-0.2, -0.15) is 0 Å². The highest BCUT2D eigenvalue weighted by Crippen LogP contribution is 2.37. The zero-order valence-electron chi connectivity index (χ0n) is 15.4. The van der Waals surface area contributed by atoms with Crippen molar-refractivity contribution in [2.45, 2.75) is 18.9 Å². The van der Waals surface area contributed by atoms with Gasteiger partial charge in [0.2, 0.25) is 0 Å². The smallest absolute Gasteiger partial charge is 0.339 e. The lowest BCUT2D eigenvalue weighted by Crippen LogP contribution is -2.29. The molecule has 0 bridgehead atoms. The Labute approximate surface area is 165 Å². The zero-order chi connectivity index (χ0) is 20.3. The van der Waals surface area contributed by atoms with Gasteiger partial charge < -0.3 is 15.8 Å². The Balaban J connectivity index is 1.82. The first-order chi connectivity index (χ1) is 13.3. The van der Waals surface area contributed by atoms with E-state index < -0.39 is 23.2 Å². The number of carbonyl (C=O) groups is 2. The van der Waals surface area contributed by atoms with Crippen LogP contribution in [0.4, 0.5) is 10.1 Å². The number of anilines is 1. The van der Waals surface area contributed by atoms with Gasteiger partial charge in [-0.3, -0.25) is 14.8 Å². The number of nitrogens with one attached hydrogen (secondary N) is 1. The maximum absolute atomic E-state index is 14.5. The minimum atomic E-state index is -0.791. The molecule has 2 heterocycles. The van der Waals surface area contributed by atoms with Gasteiger partial charge in [-0.25, -0.2) is 9.18 Å². The number of thioether (sulfide) groups is 1. The van der Waals surface area contributed by atoms with E-state index in [-0.39, 0.29) is 11.3 Å². The molecule has 1 unspecified atom stereocenters. The van der Waals surface area contributed by atoms with E-state index in [2.05, 4.69) is 20.0 Å². The molecule has 28 heavy (non-hydrogen) atoms. The molecule has 1 atom stereocenters. The molecule has 1 aliphatic rings. The second kappa shape index (κ2) is 7.97. The zero-order valence-corrected chi connectivity index (χ0v) is 16.2. The number of nitrogens with two attached hydrogens (primary N) is 1. The largest absolute Gasteiger partial charge is 0.465 e. The van der Waals surface area contributed by atoms with Gasteiger partial charge in [0.1, 0.15) is 11.5 Å². The van der Waals surface area contributed by atoms with Gasteiger partial charge in [-0.05, 0) is 43.7 Å². The number of amides is 1. The maximum atomic E-state index is 14.5. The molecule has 1 aromatic carbocycles. The van der Waals surface area contributed by atoms with Gasteiger partial charge in [0.15, 0.2) is 5.17 Å². The van der Waals surface area contributed by atoms with E-state index in [1.807, 2.05) is 6.92 Å². The molecule has 2 aromatic rings. The molecule has 1 amide bonds. The molecule has 0 fully saturated rings. The predicted molar refractivity (Wildman–Crippen MR) is 106 cm³/mol. The lowest BCUT2D eigenvalue weighted by atomic mass is 9.89. The van der Waals surface area contributed by atoms with E-state index in [1.165, 1.54) is 49.3 Å². The third-order valence-corrected chi connectivity index (χ3v) is 5.21. The highest BCUT2D eigenvalue weighted by atomic mass is 32.2.